The molecule has 2 N–H and O–H groups in total. The van der Waals surface area contributed by atoms with Gasteiger partial charge in [0.05, 0.1) is 22.7 Å². The van der Waals surface area contributed by atoms with Gasteiger partial charge in [0.1, 0.15) is 0 Å². The van der Waals surface area contributed by atoms with Crippen LogP contribution in [0.4, 0.5) is 11.4 Å². The topological polar surface area (TPSA) is 117 Å². The van der Waals surface area contributed by atoms with E-state index in [-0.39, 0.29) is 23.1 Å². The minimum Gasteiger partial charge on any atom is -0.493 e. The maximum absolute atomic E-state index is 10.8. The van der Waals surface area contributed by atoms with Crippen molar-refractivity contribution in [1.29, 1.82) is 0 Å². The van der Waals surface area contributed by atoms with Gasteiger partial charge in [0, 0.05) is 18.3 Å². The van der Waals surface area contributed by atoms with Crippen molar-refractivity contribution in [2.45, 2.75) is 0 Å². The van der Waals surface area contributed by atoms with Crippen molar-refractivity contribution in [3.05, 3.63) is 57.1 Å². The highest BCUT2D eigenvalue weighted by molar-refractivity contribution is 6.32. The predicted molar refractivity (Wildman–Crippen MR) is 93.0 cm³/mol. The van der Waals surface area contributed by atoms with E-state index >= 15 is 0 Å². The molecule has 1 amide bonds. The number of nitrogens with two attached hydrogens (primary N) is 1. The highest BCUT2D eigenvalue weighted by Gasteiger charge is 2.12. The second-order valence-corrected chi connectivity index (χ2v) is 5.23. The average molecular weight is 364 g/mol. The van der Waals surface area contributed by atoms with Crippen LogP contribution in [0.25, 0.3) is 0 Å². The third-order valence-corrected chi connectivity index (χ3v) is 3.31. The maximum Gasteiger partial charge on any atom is 0.269 e. The van der Waals surface area contributed by atoms with E-state index in [1.54, 1.807) is 12.1 Å². The van der Waals surface area contributed by atoms with Crippen molar-refractivity contribution < 1.29 is 19.2 Å². The molecule has 0 atom stereocenters. The highest BCUT2D eigenvalue weighted by Crippen LogP contribution is 2.36. The number of carbonyl (C=O) groups is 1. The molecule has 2 rings (SSSR count). The number of hydrogen-bond acceptors (Lipinski definition) is 6. The van der Waals surface area contributed by atoms with Crippen molar-refractivity contribution in [2.75, 3.05) is 13.7 Å². The van der Waals surface area contributed by atoms with E-state index < -0.39 is 10.8 Å². The number of carbonyl (C=O) groups excluding carboxylic acids is 1. The van der Waals surface area contributed by atoms with Crippen LogP contribution >= 0.6 is 11.6 Å². The second kappa shape index (κ2) is 8.11. The van der Waals surface area contributed by atoms with E-state index in [0.717, 1.165) is 0 Å². The van der Waals surface area contributed by atoms with Crippen LogP contribution in [-0.4, -0.2) is 30.8 Å². The maximum atomic E-state index is 10.8. The molecule has 0 fully saturated rings. The number of nitro groups is 1. The van der Waals surface area contributed by atoms with Gasteiger partial charge in [-0.25, -0.2) is 0 Å². The number of nitro benzene ring substituents is 1. The molecular weight excluding hydrogens is 350 g/mol. The Morgan fingerprint density at radius 3 is 2.60 bits per heavy atom. The zero-order valence-electron chi connectivity index (χ0n) is 13.1. The zero-order chi connectivity index (χ0) is 18.4. The Kier molecular flexibility index (Phi) is 5.91. The molecule has 0 saturated carbocycles. The van der Waals surface area contributed by atoms with Crippen LogP contribution in [0.3, 0.4) is 0 Å². The molecule has 2 aromatic rings. The van der Waals surface area contributed by atoms with Crippen LogP contribution in [-0.2, 0) is 4.79 Å². The number of aliphatic imine (C=N–C) groups is 1. The number of rotatable bonds is 7. The van der Waals surface area contributed by atoms with E-state index in [1.165, 1.54) is 37.6 Å². The van der Waals surface area contributed by atoms with Crippen LogP contribution < -0.4 is 15.2 Å². The van der Waals surface area contributed by atoms with Gasteiger partial charge in [-0.3, -0.25) is 19.9 Å². The number of amides is 1. The summed E-state index contributed by atoms with van der Waals surface area (Å²) in [5.74, 6) is -0.115. The van der Waals surface area contributed by atoms with E-state index in [9.17, 15) is 14.9 Å². The van der Waals surface area contributed by atoms with Crippen LogP contribution in [0, 0.1) is 10.1 Å². The first-order chi connectivity index (χ1) is 11.9. The van der Waals surface area contributed by atoms with Crippen molar-refractivity contribution in [2.24, 2.45) is 10.7 Å². The number of nitrogens with zero attached hydrogens (tertiary/aromatic N) is 2. The molecule has 0 radical (unpaired) electrons. The predicted octanol–water partition coefficient (Wildman–Crippen LogP) is 2.87. The Morgan fingerprint density at radius 1 is 1.36 bits per heavy atom. The number of hydrogen-bond donors (Lipinski definition) is 1. The summed E-state index contributed by atoms with van der Waals surface area (Å²) >= 11 is 6.14. The SMILES string of the molecule is COc1cc(C=Nc2ccc([N+](=O)[O-])cc2)cc(Cl)c1OCC(N)=O. The van der Waals surface area contributed by atoms with Gasteiger partial charge in [-0.05, 0) is 29.8 Å². The first-order valence-corrected chi connectivity index (χ1v) is 7.35. The quantitative estimate of drug-likeness (QED) is 0.461. The molecule has 9 heteroatoms. The Labute approximate surface area is 148 Å². The van der Waals surface area contributed by atoms with Gasteiger partial charge in [-0.2, -0.15) is 0 Å². The summed E-state index contributed by atoms with van der Waals surface area (Å²) in [4.78, 5) is 25.2. The molecule has 2 aromatic carbocycles. The smallest absolute Gasteiger partial charge is 0.269 e. The standard InChI is InChI=1S/C16H14ClN3O5/c1-24-14-7-10(6-13(17)16(14)25-9-15(18)21)8-19-11-2-4-12(5-3-11)20(22)23/h2-8H,9H2,1H3,(H2,18,21). The summed E-state index contributed by atoms with van der Waals surface area (Å²) in [5, 5.41) is 10.9. The second-order valence-electron chi connectivity index (χ2n) is 4.82. The highest BCUT2D eigenvalue weighted by atomic mass is 35.5. The number of non-ortho nitro benzene ring substituents is 1. The van der Waals surface area contributed by atoms with Gasteiger partial charge in [0.2, 0.25) is 0 Å². The molecule has 0 heterocycles. The number of halogens is 1. The Balaban J connectivity index is 2.23. The molecule has 0 saturated heterocycles. The first-order valence-electron chi connectivity index (χ1n) is 6.98. The lowest BCUT2D eigenvalue weighted by Crippen LogP contribution is -2.20. The van der Waals surface area contributed by atoms with Gasteiger partial charge in [-0.15, -0.1) is 0 Å². The molecular formula is C16H14ClN3O5. The molecule has 0 aromatic heterocycles. The molecule has 0 aliphatic heterocycles. The largest absolute Gasteiger partial charge is 0.493 e. The molecule has 0 bridgehead atoms. The van der Waals surface area contributed by atoms with Gasteiger partial charge < -0.3 is 15.2 Å². The van der Waals surface area contributed by atoms with Gasteiger partial charge in [0.15, 0.2) is 18.1 Å². The van der Waals surface area contributed by atoms with Crippen LogP contribution in [0.5, 0.6) is 11.5 Å². The number of ether oxygens (including phenoxy) is 2. The Morgan fingerprint density at radius 2 is 2.04 bits per heavy atom. The summed E-state index contributed by atoms with van der Waals surface area (Å²) < 4.78 is 10.4. The molecule has 0 aliphatic rings. The fraction of sp³-hybridized carbons (Fsp3) is 0.125. The minimum absolute atomic E-state index is 0.0142. The summed E-state index contributed by atoms with van der Waals surface area (Å²) in [6.07, 6.45) is 1.52. The average Bonchev–Trinajstić information content (AvgIpc) is 2.58. The van der Waals surface area contributed by atoms with Crippen LogP contribution in [0.1, 0.15) is 5.56 Å². The molecule has 130 valence electrons. The Bertz CT molecular complexity index is 821. The Hall–Kier alpha value is -3.13. The van der Waals surface area contributed by atoms with Gasteiger partial charge >= 0.3 is 0 Å². The lowest BCUT2D eigenvalue weighted by Gasteiger charge is -2.12. The summed E-state index contributed by atoms with van der Waals surface area (Å²) in [6.45, 7) is -0.327. The van der Waals surface area contributed by atoms with E-state index in [1.807, 2.05) is 0 Å². The first kappa shape index (κ1) is 18.2. The summed E-state index contributed by atoms with van der Waals surface area (Å²) in [5.41, 5.74) is 6.18. The minimum atomic E-state index is -0.637. The third-order valence-electron chi connectivity index (χ3n) is 3.03. The van der Waals surface area contributed by atoms with E-state index in [0.29, 0.717) is 17.0 Å². The fourth-order valence-corrected chi connectivity index (χ4v) is 2.18. The zero-order valence-corrected chi connectivity index (χ0v) is 13.9. The fourth-order valence-electron chi connectivity index (χ4n) is 1.91. The van der Waals surface area contributed by atoms with Crippen molar-refractivity contribution >= 4 is 35.1 Å². The molecule has 25 heavy (non-hydrogen) atoms. The number of benzene rings is 2. The van der Waals surface area contributed by atoms with Crippen molar-refractivity contribution in [3.63, 3.8) is 0 Å². The number of methoxy groups -OCH3 is 1. The summed E-state index contributed by atoms with van der Waals surface area (Å²) in [7, 11) is 1.43. The monoisotopic (exact) mass is 363 g/mol. The van der Waals surface area contributed by atoms with Gasteiger partial charge in [0.25, 0.3) is 11.6 Å². The van der Waals surface area contributed by atoms with Crippen LogP contribution in [0.15, 0.2) is 41.4 Å². The number of primary amides is 1. The van der Waals surface area contributed by atoms with E-state index in [2.05, 4.69) is 4.99 Å². The molecule has 0 spiro atoms. The normalized spacial score (nSPS) is 10.6. The third kappa shape index (κ3) is 4.92. The van der Waals surface area contributed by atoms with Crippen molar-refractivity contribution in [1.82, 2.24) is 0 Å². The van der Waals surface area contributed by atoms with Gasteiger partial charge in [-0.1, -0.05) is 11.6 Å². The molecule has 0 unspecified atom stereocenters. The van der Waals surface area contributed by atoms with E-state index in [4.69, 9.17) is 26.8 Å². The lowest BCUT2D eigenvalue weighted by atomic mass is 10.2. The van der Waals surface area contributed by atoms with Crippen molar-refractivity contribution in [3.8, 4) is 11.5 Å². The summed E-state index contributed by atoms with van der Waals surface area (Å²) in [6, 6.07) is 8.98. The van der Waals surface area contributed by atoms with Crippen LogP contribution in [0.2, 0.25) is 5.02 Å². The molecule has 8 nitrogen and oxygen atoms in total. The molecule has 0 aliphatic carbocycles. The lowest BCUT2D eigenvalue weighted by molar-refractivity contribution is -0.384.